The Hall–Kier alpha value is -3.71. The second-order valence-corrected chi connectivity index (χ2v) is 7.37. The molecule has 7 heteroatoms. The van der Waals surface area contributed by atoms with Crippen LogP contribution >= 0.6 is 11.3 Å². The van der Waals surface area contributed by atoms with Crippen LogP contribution in [0.15, 0.2) is 76.2 Å². The number of aromatic carboxylic acids is 1. The number of hydrogen-bond acceptors (Lipinski definition) is 5. The number of H-pyrrole nitrogens is 1. The Labute approximate surface area is 176 Å². The summed E-state index contributed by atoms with van der Waals surface area (Å²) in [6, 6.07) is 19.1. The summed E-state index contributed by atoms with van der Waals surface area (Å²) in [5.74, 6) is -1.32. The molecule has 0 saturated carbocycles. The average molecular weight is 418 g/mol. The summed E-state index contributed by atoms with van der Waals surface area (Å²) >= 11 is 1.54. The van der Waals surface area contributed by atoms with Crippen molar-refractivity contribution in [3.8, 4) is 16.9 Å². The zero-order valence-electron chi connectivity index (χ0n) is 15.9. The van der Waals surface area contributed by atoms with Gasteiger partial charge in [-0.2, -0.15) is 11.3 Å². The lowest BCUT2D eigenvalue weighted by molar-refractivity contribution is 0.0683. The number of carboxylic acids is 1. The standard InChI is InChI=1S/C23H18N2O4S/c26-22-21(29-12-15-7-3-1-4-8-15)20(23(27)28)24-19(25-22)11-17-13-30-14-18(17)16-9-5-2-6-10-16/h1-10,13-14H,11-12H2,(H,27,28)(H,24,25,26). The third-order valence-electron chi connectivity index (χ3n) is 4.54. The van der Waals surface area contributed by atoms with Gasteiger partial charge in [0.05, 0.1) is 0 Å². The van der Waals surface area contributed by atoms with Crippen LogP contribution in [-0.4, -0.2) is 21.0 Å². The van der Waals surface area contributed by atoms with Crippen LogP contribution in [0.25, 0.3) is 11.1 Å². The lowest BCUT2D eigenvalue weighted by Crippen LogP contribution is -2.21. The molecule has 2 N–H and O–H groups in total. The minimum Gasteiger partial charge on any atom is -0.481 e. The fourth-order valence-electron chi connectivity index (χ4n) is 3.11. The van der Waals surface area contributed by atoms with Crippen LogP contribution in [0.2, 0.25) is 0 Å². The lowest BCUT2D eigenvalue weighted by Gasteiger charge is -2.10. The fourth-order valence-corrected chi connectivity index (χ4v) is 3.98. The van der Waals surface area contributed by atoms with E-state index >= 15 is 0 Å². The highest BCUT2D eigenvalue weighted by molar-refractivity contribution is 7.08. The molecule has 0 amide bonds. The molecule has 0 radical (unpaired) electrons. The molecule has 0 fully saturated rings. The van der Waals surface area contributed by atoms with Crippen LogP contribution < -0.4 is 10.3 Å². The highest BCUT2D eigenvalue weighted by Crippen LogP contribution is 2.28. The molecule has 2 aromatic carbocycles. The summed E-state index contributed by atoms with van der Waals surface area (Å²) in [5, 5.41) is 13.6. The van der Waals surface area contributed by atoms with E-state index < -0.39 is 11.5 Å². The molecule has 0 saturated heterocycles. The van der Waals surface area contributed by atoms with Crippen molar-refractivity contribution in [3.05, 3.63) is 104 Å². The second-order valence-electron chi connectivity index (χ2n) is 6.62. The van der Waals surface area contributed by atoms with Gasteiger partial charge in [-0.15, -0.1) is 0 Å². The van der Waals surface area contributed by atoms with E-state index in [2.05, 4.69) is 9.97 Å². The maximum absolute atomic E-state index is 12.6. The number of carboxylic acid groups (broad SMARTS) is 1. The van der Waals surface area contributed by atoms with Crippen molar-refractivity contribution in [2.75, 3.05) is 0 Å². The molecule has 2 heterocycles. The lowest BCUT2D eigenvalue weighted by atomic mass is 10.0. The molecule has 150 valence electrons. The van der Waals surface area contributed by atoms with Gasteiger partial charge < -0.3 is 14.8 Å². The Bertz CT molecular complexity index is 1220. The van der Waals surface area contributed by atoms with Gasteiger partial charge in [0.1, 0.15) is 12.4 Å². The first-order valence-corrected chi connectivity index (χ1v) is 10.2. The number of hydrogen-bond donors (Lipinski definition) is 2. The van der Waals surface area contributed by atoms with Gasteiger partial charge >= 0.3 is 5.97 Å². The second kappa shape index (κ2) is 8.75. The first kappa shape index (κ1) is 19.6. The van der Waals surface area contributed by atoms with Gasteiger partial charge in [-0.3, -0.25) is 4.79 Å². The van der Waals surface area contributed by atoms with Gasteiger partial charge in [0.15, 0.2) is 5.69 Å². The van der Waals surface area contributed by atoms with E-state index in [1.165, 1.54) is 0 Å². The van der Waals surface area contributed by atoms with Gasteiger partial charge in [0.25, 0.3) is 5.56 Å². The normalized spacial score (nSPS) is 10.7. The molecule has 30 heavy (non-hydrogen) atoms. The molecular weight excluding hydrogens is 400 g/mol. The quantitative estimate of drug-likeness (QED) is 0.465. The summed E-state index contributed by atoms with van der Waals surface area (Å²) in [6.45, 7) is 0.0773. The van der Waals surface area contributed by atoms with E-state index in [1.54, 1.807) is 11.3 Å². The number of ether oxygens (including phenoxy) is 1. The summed E-state index contributed by atoms with van der Waals surface area (Å²) < 4.78 is 5.51. The van der Waals surface area contributed by atoms with Crippen molar-refractivity contribution < 1.29 is 14.6 Å². The van der Waals surface area contributed by atoms with Crippen molar-refractivity contribution in [1.82, 2.24) is 9.97 Å². The van der Waals surface area contributed by atoms with Crippen LogP contribution in [0.5, 0.6) is 5.75 Å². The van der Waals surface area contributed by atoms with Gasteiger partial charge in [0.2, 0.25) is 5.75 Å². The maximum Gasteiger partial charge on any atom is 0.358 e. The van der Waals surface area contributed by atoms with E-state index in [-0.39, 0.29) is 23.9 Å². The number of nitrogens with one attached hydrogen (secondary N) is 1. The fraction of sp³-hybridized carbons (Fsp3) is 0.0870. The molecule has 0 aliphatic heterocycles. The summed E-state index contributed by atoms with van der Waals surface area (Å²) in [4.78, 5) is 31.2. The largest absolute Gasteiger partial charge is 0.481 e. The SMILES string of the molecule is O=C(O)c1nc(Cc2cscc2-c2ccccc2)[nH]c(=O)c1OCc1ccccc1. The molecule has 4 aromatic rings. The van der Waals surface area contributed by atoms with E-state index in [4.69, 9.17) is 4.74 Å². The number of nitrogens with zero attached hydrogens (tertiary/aromatic N) is 1. The molecule has 0 spiro atoms. The molecule has 0 aliphatic rings. The van der Waals surface area contributed by atoms with Gasteiger partial charge in [-0.1, -0.05) is 60.7 Å². The zero-order chi connectivity index (χ0) is 20.9. The number of aromatic amines is 1. The molecule has 2 aromatic heterocycles. The van der Waals surface area contributed by atoms with Crippen molar-refractivity contribution in [2.24, 2.45) is 0 Å². The monoisotopic (exact) mass is 418 g/mol. The van der Waals surface area contributed by atoms with E-state index in [0.29, 0.717) is 6.42 Å². The molecular formula is C23H18N2O4S. The first-order chi connectivity index (χ1) is 14.6. The Balaban J connectivity index is 1.62. The maximum atomic E-state index is 12.6. The summed E-state index contributed by atoms with van der Waals surface area (Å²) in [5.41, 5.74) is 2.87. The van der Waals surface area contributed by atoms with E-state index in [0.717, 1.165) is 22.3 Å². The highest BCUT2D eigenvalue weighted by atomic mass is 32.1. The summed E-state index contributed by atoms with van der Waals surface area (Å²) in [7, 11) is 0. The number of thiophene rings is 1. The van der Waals surface area contributed by atoms with Crippen molar-refractivity contribution >= 4 is 17.3 Å². The van der Waals surface area contributed by atoms with Gasteiger partial charge in [0, 0.05) is 6.42 Å². The summed E-state index contributed by atoms with van der Waals surface area (Å²) in [6.07, 6.45) is 0.308. The van der Waals surface area contributed by atoms with Gasteiger partial charge in [-0.25, -0.2) is 9.78 Å². The Morgan fingerprint density at radius 3 is 2.43 bits per heavy atom. The van der Waals surface area contributed by atoms with E-state index in [1.807, 2.05) is 71.4 Å². The van der Waals surface area contributed by atoms with Crippen LogP contribution in [0.4, 0.5) is 0 Å². The smallest absolute Gasteiger partial charge is 0.358 e. The third kappa shape index (κ3) is 4.31. The molecule has 0 atom stereocenters. The topological polar surface area (TPSA) is 92.3 Å². The predicted molar refractivity (Wildman–Crippen MR) is 115 cm³/mol. The van der Waals surface area contributed by atoms with Crippen LogP contribution in [0.1, 0.15) is 27.4 Å². The average Bonchev–Trinajstić information content (AvgIpc) is 3.22. The van der Waals surface area contributed by atoms with Crippen LogP contribution in [-0.2, 0) is 13.0 Å². The van der Waals surface area contributed by atoms with Crippen molar-refractivity contribution in [2.45, 2.75) is 13.0 Å². The number of aromatic nitrogens is 2. The number of benzene rings is 2. The number of carbonyl (C=O) groups is 1. The molecule has 6 nitrogen and oxygen atoms in total. The minimum absolute atomic E-state index is 0.0773. The molecule has 0 aliphatic carbocycles. The Morgan fingerprint density at radius 1 is 1.03 bits per heavy atom. The van der Waals surface area contributed by atoms with Crippen molar-refractivity contribution in [1.29, 1.82) is 0 Å². The van der Waals surface area contributed by atoms with E-state index in [9.17, 15) is 14.7 Å². The van der Waals surface area contributed by atoms with Gasteiger partial charge in [-0.05, 0) is 33.0 Å². The first-order valence-electron chi connectivity index (χ1n) is 9.25. The predicted octanol–water partition coefficient (Wildman–Crippen LogP) is 4.37. The molecule has 0 bridgehead atoms. The minimum atomic E-state index is -1.31. The Morgan fingerprint density at radius 2 is 1.73 bits per heavy atom. The third-order valence-corrected chi connectivity index (χ3v) is 5.33. The van der Waals surface area contributed by atoms with Crippen LogP contribution in [0.3, 0.4) is 0 Å². The highest BCUT2D eigenvalue weighted by Gasteiger charge is 2.20. The zero-order valence-corrected chi connectivity index (χ0v) is 16.7. The number of rotatable bonds is 7. The molecule has 0 unspecified atom stereocenters. The molecule has 4 rings (SSSR count). The van der Waals surface area contributed by atoms with Crippen molar-refractivity contribution in [3.63, 3.8) is 0 Å². The van der Waals surface area contributed by atoms with Crippen LogP contribution in [0, 0.1) is 0 Å². The Kier molecular flexibility index (Phi) is 5.72.